The lowest BCUT2D eigenvalue weighted by Crippen LogP contribution is -2.31. The molecular formula is C15H18ClFO3. The molecule has 0 aromatic heterocycles. The number of hydrogen-bond acceptors (Lipinski definition) is 3. The zero-order valence-corrected chi connectivity index (χ0v) is 12.5. The van der Waals surface area contributed by atoms with Gasteiger partial charge in [0, 0.05) is 5.92 Å². The average Bonchev–Trinajstić information content (AvgIpc) is 2.39. The van der Waals surface area contributed by atoms with Gasteiger partial charge in [0.2, 0.25) is 0 Å². The molecule has 0 aliphatic rings. The van der Waals surface area contributed by atoms with Crippen molar-refractivity contribution in [2.24, 2.45) is 11.8 Å². The third kappa shape index (κ3) is 4.30. The quantitative estimate of drug-likeness (QED) is 0.597. The largest absolute Gasteiger partial charge is 0.465 e. The molecule has 0 saturated carbocycles. The summed E-state index contributed by atoms with van der Waals surface area (Å²) in [6.45, 7) is 5.32. The van der Waals surface area contributed by atoms with Crippen LogP contribution in [0.2, 0.25) is 5.02 Å². The summed E-state index contributed by atoms with van der Waals surface area (Å²) in [6, 6.07) is 4.25. The van der Waals surface area contributed by atoms with Crippen LogP contribution in [0.4, 0.5) is 4.39 Å². The predicted molar refractivity (Wildman–Crippen MR) is 75.1 cm³/mol. The molecule has 20 heavy (non-hydrogen) atoms. The van der Waals surface area contributed by atoms with Crippen LogP contribution in [0.15, 0.2) is 18.2 Å². The fourth-order valence-corrected chi connectivity index (χ4v) is 1.97. The van der Waals surface area contributed by atoms with E-state index in [-0.39, 0.29) is 29.8 Å². The van der Waals surface area contributed by atoms with Gasteiger partial charge in [0.15, 0.2) is 0 Å². The Balaban J connectivity index is 2.96. The van der Waals surface area contributed by atoms with Crippen molar-refractivity contribution in [3.8, 4) is 0 Å². The molecule has 0 amide bonds. The van der Waals surface area contributed by atoms with E-state index in [0.717, 1.165) is 0 Å². The summed E-state index contributed by atoms with van der Waals surface area (Å²) in [5.74, 6) is -2.54. The van der Waals surface area contributed by atoms with Crippen molar-refractivity contribution in [2.45, 2.75) is 27.2 Å². The van der Waals surface area contributed by atoms with E-state index in [1.165, 1.54) is 12.1 Å². The smallest absolute Gasteiger partial charge is 0.316 e. The summed E-state index contributed by atoms with van der Waals surface area (Å²) < 4.78 is 18.3. The molecule has 5 heteroatoms. The number of hydrogen-bond donors (Lipinski definition) is 0. The minimum atomic E-state index is -0.907. The number of carbonyl (C=O) groups excluding carboxylic acids is 2. The summed E-state index contributed by atoms with van der Waals surface area (Å²) in [4.78, 5) is 24.0. The van der Waals surface area contributed by atoms with E-state index in [0.29, 0.717) is 5.56 Å². The van der Waals surface area contributed by atoms with Gasteiger partial charge < -0.3 is 4.74 Å². The molecule has 1 atom stereocenters. The first-order valence-electron chi connectivity index (χ1n) is 6.51. The molecule has 0 saturated heterocycles. The number of Topliss-reactive ketones (excluding diaryl/α,β-unsaturated/α-hetero) is 1. The lowest BCUT2D eigenvalue weighted by Gasteiger charge is -2.16. The maximum atomic E-state index is 13.4. The molecule has 1 aromatic rings. The summed E-state index contributed by atoms with van der Waals surface area (Å²) in [6.07, 6.45) is 0.115. The van der Waals surface area contributed by atoms with E-state index in [1.54, 1.807) is 26.8 Å². The minimum Gasteiger partial charge on any atom is -0.465 e. The Labute approximate surface area is 123 Å². The number of esters is 1. The maximum Gasteiger partial charge on any atom is 0.316 e. The van der Waals surface area contributed by atoms with Crippen molar-refractivity contribution >= 4 is 23.4 Å². The van der Waals surface area contributed by atoms with Crippen molar-refractivity contribution in [2.75, 3.05) is 6.61 Å². The Morgan fingerprint density at radius 3 is 2.50 bits per heavy atom. The van der Waals surface area contributed by atoms with Crippen LogP contribution < -0.4 is 0 Å². The molecule has 0 N–H and O–H groups in total. The summed E-state index contributed by atoms with van der Waals surface area (Å²) in [7, 11) is 0. The molecule has 110 valence electrons. The number of rotatable bonds is 6. The molecular weight excluding hydrogens is 283 g/mol. The lowest BCUT2D eigenvalue weighted by molar-refractivity contribution is -0.152. The molecule has 0 aliphatic heterocycles. The highest BCUT2D eigenvalue weighted by Gasteiger charge is 2.30. The van der Waals surface area contributed by atoms with Gasteiger partial charge >= 0.3 is 5.97 Å². The molecule has 3 nitrogen and oxygen atoms in total. The molecule has 0 radical (unpaired) electrons. The van der Waals surface area contributed by atoms with Crippen LogP contribution in [0.5, 0.6) is 0 Å². The second kappa shape index (κ2) is 7.39. The van der Waals surface area contributed by atoms with Crippen LogP contribution in [0.3, 0.4) is 0 Å². The third-order valence-corrected chi connectivity index (χ3v) is 3.21. The van der Waals surface area contributed by atoms with Gasteiger partial charge in [0.25, 0.3) is 0 Å². The van der Waals surface area contributed by atoms with Gasteiger partial charge in [0.05, 0.1) is 11.6 Å². The van der Waals surface area contributed by atoms with E-state index in [4.69, 9.17) is 16.3 Å². The van der Waals surface area contributed by atoms with Gasteiger partial charge in [-0.05, 0) is 31.0 Å². The molecule has 1 unspecified atom stereocenters. The Bertz CT molecular complexity index is 500. The van der Waals surface area contributed by atoms with Crippen LogP contribution in [0, 0.1) is 17.7 Å². The number of carbonyl (C=O) groups is 2. The average molecular weight is 301 g/mol. The standard InChI is InChI=1S/C15H18ClFO3/c1-4-20-15(19)11(14(18)9(2)3)7-10-5-6-12(16)13(17)8-10/h5-6,8-9,11H,4,7H2,1-3H3. The minimum absolute atomic E-state index is 0.0108. The maximum absolute atomic E-state index is 13.4. The van der Waals surface area contributed by atoms with Gasteiger partial charge in [-0.2, -0.15) is 0 Å². The van der Waals surface area contributed by atoms with Gasteiger partial charge in [0.1, 0.15) is 17.5 Å². The lowest BCUT2D eigenvalue weighted by atomic mass is 9.89. The number of halogens is 2. The number of ether oxygens (including phenoxy) is 1. The van der Waals surface area contributed by atoms with Crippen molar-refractivity contribution in [1.82, 2.24) is 0 Å². The van der Waals surface area contributed by atoms with Crippen LogP contribution in [-0.2, 0) is 20.7 Å². The normalized spacial score (nSPS) is 12.3. The van der Waals surface area contributed by atoms with Gasteiger partial charge in [-0.25, -0.2) is 4.39 Å². The van der Waals surface area contributed by atoms with Crippen molar-refractivity contribution in [3.63, 3.8) is 0 Å². The van der Waals surface area contributed by atoms with Gasteiger partial charge in [-0.3, -0.25) is 9.59 Å². The van der Waals surface area contributed by atoms with Crippen LogP contribution in [0.1, 0.15) is 26.3 Å². The summed E-state index contributed by atoms with van der Waals surface area (Å²) in [5, 5.41) is 0.0108. The Morgan fingerprint density at radius 2 is 2.00 bits per heavy atom. The van der Waals surface area contributed by atoms with Crippen LogP contribution >= 0.6 is 11.6 Å². The topological polar surface area (TPSA) is 43.4 Å². The van der Waals surface area contributed by atoms with Crippen molar-refractivity contribution < 1.29 is 18.7 Å². The van der Waals surface area contributed by atoms with Crippen LogP contribution in [-0.4, -0.2) is 18.4 Å². The summed E-state index contributed by atoms with van der Waals surface area (Å²) >= 11 is 5.61. The molecule has 0 heterocycles. The molecule has 0 fully saturated rings. The first-order chi connectivity index (χ1) is 9.36. The van der Waals surface area contributed by atoms with E-state index in [1.807, 2.05) is 0 Å². The molecule has 0 spiro atoms. The zero-order valence-electron chi connectivity index (χ0n) is 11.8. The Kier molecular flexibility index (Phi) is 6.14. The molecule has 0 aliphatic carbocycles. The van der Waals surface area contributed by atoms with Gasteiger partial charge in [-0.15, -0.1) is 0 Å². The van der Waals surface area contributed by atoms with Crippen molar-refractivity contribution in [3.05, 3.63) is 34.6 Å². The van der Waals surface area contributed by atoms with E-state index in [2.05, 4.69) is 0 Å². The molecule has 1 rings (SSSR count). The zero-order chi connectivity index (χ0) is 15.3. The number of ketones is 1. The highest BCUT2D eigenvalue weighted by Crippen LogP contribution is 2.20. The molecule has 0 bridgehead atoms. The highest BCUT2D eigenvalue weighted by molar-refractivity contribution is 6.30. The van der Waals surface area contributed by atoms with E-state index in [9.17, 15) is 14.0 Å². The first-order valence-corrected chi connectivity index (χ1v) is 6.88. The summed E-state index contributed by atoms with van der Waals surface area (Å²) in [5.41, 5.74) is 0.541. The van der Waals surface area contributed by atoms with Gasteiger partial charge in [-0.1, -0.05) is 31.5 Å². The molecule has 1 aromatic carbocycles. The Hall–Kier alpha value is -1.42. The third-order valence-electron chi connectivity index (χ3n) is 2.91. The second-order valence-corrected chi connectivity index (χ2v) is 5.22. The fraction of sp³-hybridized carbons (Fsp3) is 0.467. The monoisotopic (exact) mass is 300 g/mol. The Morgan fingerprint density at radius 1 is 1.35 bits per heavy atom. The second-order valence-electron chi connectivity index (χ2n) is 4.81. The fourth-order valence-electron chi connectivity index (χ4n) is 1.85. The van der Waals surface area contributed by atoms with E-state index < -0.39 is 17.7 Å². The number of benzene rings is 1. The van der Waals surface area contributed by atoms with Crippen LogP contribution in [0.25, 0.3) is 0 Å². The SMILES string of the molecule is CCOC(=O)C(Cc1ccc(Cl)c(F)c1)C(=O)C(C)C. The first kappa shape index (κ1) is 16.6. The van der Waals surface area contributed by atoms with E-state index >= 15 is 0 Å². The highest BCUT2D eigenvalue weighted by atomic mass is 35.5. The predicted octanol–water partition coefficient (Wildman–Crippen LogP) is 3.43. The van der Waals surface area contributed by atoms with Crippen molar-refractivity contribution in [1.29, 1.82) is 0 Å².